The first-order valence-corrected chi connectivity index (χ1v) is 12.1. The van der Waals surface area contributed by atoms with E-state index in [0.717, 1.165) is 33.6 Å². The van der Waals surface area contributed by atoms with E-state index in [1.807, 2.05) is 45.9 Å². The van der Waals surface area contributed by atoms with Crippen LogP contribution in [0, 0.1) is 34.6 Å². The van der Waals surface area contributed by atoms with Crippen molar-refractivity contribution in [1.82, 2.24) is 9.62 Å². The highest BCUT2D eigenvalue weighted by Gasteiger charge is 2.27. The Morgan fingerprint density at radius 1 is 1.00 bits per heavy atom. The fourth-order valence-electron chi connectivity index (χ4n) is 4.00. The predicted octanol–water partition coefficient (Wildman–Crippen LogP) is 3.58. The molecule has 7 heteroatoms. The Morgan fingerprint density at radius 2 is 1.65 bits per heavy atom. The van der Waals surface area contributed by atoms with Crippen LogP contribution < -0.4 is 9.46 Å². The molecule has 1 aliphatic heterocycles. The second kappa shape index (κ2) is 9.40. The van der Waals surface area contributed by atoms with Gasteiger partial charge in [0.25, 0.3) is 5.91 Å². The number of hydrogen-bond donors (Lipinski definition) is 1. The van der Waals surface area contributed by atoms with Crippen LogP contribution in [0.4, 0.5) is 0 Å². The molecule has 0 unspecified atom stereocenters. The van der Waals surface area contributed by atoms with Crippen LogP contribution in [0.3, 0.4) is 0 Å². The van der Waals surface area contributed by atoms with Crippen molar-refractivity contribution in [2.45, 2.75) is 58.4 Å². The number of likely N-dealkylation sites (tertiary alicyclic amines) is 1. The van der Waals surface area contributed by atoms with Gasteiger partial charge in [0.05, 0.1) is 4.90 Å². The molecule has 1 fully saturated rings. The summed E-state index contributed by atoms with van der Waals surface area (Å²) < 4.78 is 34.2. The molecule has 3 rings (SSSR count). The number of carbonyl (C=O) groups excluding carboxylic acids is 1. The molecule has 0 saturated carbocycles. The molecule has 31 heavy (non-hydrogen) atoms. The second-order valence-electron chi connectivity index (χ2n) is 8.49. The van der Waals surface area contributed by atoms with Crippen molar-refractivity contribution in [3.63, 3.8) is 0 Å². The standard InChI is InChI=1S/C24H32N2O4S/c1-16-6-9-22(19(4)14-16)31(28,29)25-21-10-12-26(13-11-21)23(27)15-30-24-18(3)8-7-17(2)20(24)5/h6-9,14,21,25H,10-13,15H2,1-5H3. The normalized spacial score (nSPS) is 15.2. The minimum atomic E-state index is -3.58. The fraction of sp³-hybridized carbons (Fsp3) is 0.458. The number of nitrogens with zero attached hydrogens (tertiary/aromatic N) is 1. The van der Waals surface area contributed by atoms with Gasteiger partial charge in [0, 0.05) is 19.1 Å². The van der Waals surface area contributed by atoms with Crippen LogP contribution in [0.1, 0.15) is 40.7 Å². The summed E-state index contributed by atoms with van der Waals surface area (Å²) >= 11 is 0. The van der Waals surface area contributed by atoms with E-state index >= 15 is 0 Å². The lowest BCUT2D eigenvalue weighted by molar-refractivity contribution is -0.134. The highest BCUT2D eigenvalue weighted by atomic mass is 32.2. The first kappa shape index (κ1) is 23.3. The second-order valence-corrected chi connectivity index (χ2v) is 10.2. The van der Waals surface area contributed by atoms with Gasteiger partial charge in [-0.15, -0.1) is 0 Å². The highest BCUT2D eigenvalue weighted by Crippen LogP contribution is 2.26. The monoisotopic (exact) mass is 444 g/mol. The minimum absolute atomic E-state index is 0.00983. The summed E-state index contributed by atoms with van der Waals surface area (Å²) in [5.74, 6) is 0.695. The molecule has 2 aromatic rings. The van der Waals surface area contributed by atoms with Gasteiger partial charge in [0.1, 0.15) is 5.75 Å². The minimum Gasteiger partial charge on any atom is -0.483 e. The van der Waals surface area contributed by atoms with Gasteiger partial charge in [-0.05, 0) is 75.8 Å². The Bertz CT molecular complexity index is 1070. The predicted molar refractivity (Wildman–Crippen MR) is 122 cm³/mol. The lowest BCUT2D eigenvalue weighted by Crippen LogP contribution is -2.47. The van der Waals surface area contributed by atoms with Crippen LogP contribution >= 0.6 is 0 Å². The Labute approximate surface area is 185 Å². The van der Waals surface area contributed by atoms with Gasteiger partial charge in [-0.2, -0.15) is 0 Å². The average molecular weight is 445 g/mol. The molecule has 0 bridgehead atoms. The van der Waals surface area contributed by atoms with Crippen LogP contribution in [0.25, 0.3) is 0 Å². The van der Waals surface area contributed by atoms with E-state index in [4.69, 9.17) is 4.74 Å². The lowest BCUT2D eigenvalue weighted by Gasteiger charge is -2.32. The van der Waals surface area contributed by atoms with Crippen molar-refractivity contribution in [2.75, 3.05) is 19.7 Å². The number of carbonyl (C=O) groups is 1. The zero-order valence-corrected chi connectivity index (χ0v) is 19.8. The highest BCUT2D eigenvalue weighted by molar-refractivity contribution is 7.89. The maximum atomic E-state index is 12.8. The first-order valence-electron chi connectivity index (χ1n) is 10.7. The molecular formula is C24H32N2O4S. The van der Waals surface area contributed by atoms with Gasteiger partial charge in [0.15, 0.2) is 6.61 Å². The maximum absolute atomic E-state index is 12.8. The molecule has 168 valence electrons. The Hall–Kier alpha value is -2.38. The molecule has 0 aliphatic carbocycles. The molecule has 0 aromatic heterocycles. The summed E-state index contributed by atoms with van der Waals surface area (Å²) in [6, 6.07) is 9.18. The molecule has 0 atom stereocenters. The van der Waals surface area contributed by atoms with E-state index in [1.54, 1.807) is 24.0 Å². The number of hydrogen-bond acceptors (Lipinski definition) is 4. The van der Waals surface area contributed by atoms with Gasteiger partial charge in [-0.1, -0.05) is 29.8 Å². The summed E-state index contributed by atoms with van der Waals surface area (Å²) in [5.41, 5.74) is 4.95. The van der Waals surface area contributed by atoms with E-state index in [1.165, 1.54) is 0 Å². The first-order chi connectivity index (χ1) is 14.6. The third-order valence-electron chi connectivity index (χ3n) is 6.00. The number of benzene rings is 2. The number of sulfonamides is 1. The molecule has 0 radical (unpaired) electrons. The zero-order chi connectivity index (χ0) is 22.8. The van der Waals surface area contributed by atoms with Gasteiger partial charge < -0.3 is 9.64 Å². The summed E-state index contributed by atoms with van der Waals surface area (Å²) in [5, 5.41) is 0. The Morgan fingerprint density at radius 3 is 2.29 bits per heavy atom. The van der Waals surface area contributed by atoms with Crippen molar-refractivity contribution in [3.05, 3.63) is 58.1 Å². The van der Waals surface area contributed by atoms with Crippen molar-refractivity contribution in [3.8, 4) is 5.75 Å². The molecule has 1 amide bonds. The zero-order valence-electron chi connectivity index (χ0n) is 19.0. The van der Waals surface area contributed by atoms with Gasteiger partial charge in [0.2, 0.25) is 10.0 Å². The summed E-state index contributed by atoms with van der Waals surface area (Å²) in [7, 11) is -3.58. The molecule has 1 heterocycles. The van der Waals surface area contributed by atoms with Crippen molar-refractivity contribution < 1.29 is 17.9 Å². The third kappa shape index (κ3) is 5.46. The van der Waals surface area contributed by atoms with Crippen LogP contribution in [0.5, 0.6) is 5.75 Å². The van der Waals surface area contributed by atoms with E-state index in [0.29, 0.717) is 30.8 Å². The van der Waals surface area contributed by atoms with Crippen LogP contribution in [0.2, 0.25) is 0 Å². The summed E-state index contributed by atoms with van der Waals surface area (Å²) in [4.78, 5) is 14.7. The number of aryl methyl sites for hydroxylation is 4. The summed E-state index contributed by atoms with van der Waals surface area (Å²) in [6.07, 6.45) is 1.16. The maximum Gasteiger partial charge on any atom is 0.260 e. The summed E-state index contributed by atoms with van der Waals surface area (Å²) in [6.45, 7) is 10.7. The molecule has 1 N–H and O–H groups in total. The third-order valence-corrected chi connectivity index (χ3v) is 7.68. The smallest absolute Gasteiger partial charge is 0.260 e. The number of nitrogens with one attached hydrogen (secondary N) is 1. The number of ether oxygens (including phenoxy) is 1. The van der Waals surface area contributed by atoms with Crippen LogP contribution in [0.15, 0.2) is 35.2 Å². The van der Waals surface area contributed by atoms with E-state index in [-0.39, 0.29) is 18.6 Å². The van der Waals surface area contributed by atoms with Crippen LogP contribution in [-0.2, 0) is 14.8 Å². The van der Waals surface area contributed by atoms with Crippen molar-refractivity contribution in [1.29, 1.82) is 0 Å². The van der Waals surface area contributed by atoms with Gasteiger partial charge in [-0.25, -0.2) is 13.1 Å². The van der Waals surface area contributed by atoms with Gasteiger partial charge >= 0.3 is 0 Å². The lowest BCUT2D eigenvalue weighted by atomic mass is 10.1. The van der Waals surface area contributed by atoms with E-state index in [2.05, 4.69) is 4.72 Å². The fourth-order valence-corrected chi connectivity index (χ4v) is 5.53. The Kier molecular flexibility index (Phi) is 7.06. The van der Waals surface area contributed by atoms with E-state index < -0.39 is 10.0 Å². The quantitative estimate of drug-likeness (QED) is 0.739. The number of rotatable bonds is 6. The van der Waals surface area contributed by atoms with Crippen molar-refractivity contribution >= 4 is 15.9 Å². The SMILES string of the molecule is Cc1ccc(S(=O)(=O)NC2CCN(C(=O)COc3c(C)ccc(C)c3C)CC2)c(C)c1. The average Bonchev–Trinajstić information content (AvgIpc) is 2.70. The molecule has 1 aliphatic rings. The van der Waals surface area contributed by atoms with Gasteiger partial charge in [-0.3, -0.25) is 4.79 Å². The van der Waals surface area contributed by atoms with Crippen molar-refractivity contribution in [2.24, 2.45) is 0 Å². The largest absolute Gasteiger partial charge is 0.483 e. The number of amides is 1. The molecular weight excluding hydrogens is 412 g/mol. The molecule has 0 spiro atoms. The molecule has 6 nitrogen and oxygen atoms in total. The Balaban J connectivity index is 1.54. The number of piperidine rings is 1. The topological polar surface area (TPSA) is 75.7 Å². The molecule has 1 saturated heterocycles. The van der Waals surface area contributed by atoms with E-state index in [9.17, 15) is 13.2 Å². The van der Waals surface area contributed by atoms with Crippen LogP contribution in [-0.4, -0.2) is 45.0 Å². The molecule has 2 aromatic carbocycles.